The summed E-state index contributed by atoms with van der Waals surface area (Å²) in [6.45, 7) is 3.70. The number of hydrogen-bond acceptors (Lipinski definition) is 1. The van der Waals surface area contributed by atoms with Gasteiger partial charge in [-0.15, -0.1) is 0 Å². The average Bonchev–Trinajstić information content (AvgIpc) is 2.16. The highest BCUT2D eigenvalue weighted by Gasteiger charge is 1.96. The second kappa shape index (κ2) is 3.19. The molecule has 1 nitrogen and oxygen atoms in total. The molecule has 0 saturated carbocycles. The van der Waals surface area contributed by atoms with Gasteiger partial charge in [-0.3, -0.25) is 0 Å². The number of benzene rings is 1. The van der Waals surface area contributed by atoms with Crippen LogP contribution >= 0.6 is 11.6 Å². The van der Waals surface area contributed by atoms with Crippen LogP contribution in [0, 0.1) is 0 Å². The molecule has 64 valence electrons. The van der Waals surface area contributed by atoms with Crippen molar-refractivity contribution in [2.45, 2.75) is 0 Å². The summed E-state index contributed by atoms with van der Waals surface area (Å²) in [5.41, 5.74) is 1.96. The van der Waals surface area contributed by atoms with E-state index in [9.17, 15) is 0 Å². The zero-order valence-electron chi connectivity index (χ0n) is 7.00. The fourth-order valence-corrected chi connectivity index (χ4v) is 1.39. The van der Waals surface area contributed by atoms with Crippen LogP contribution in [-0.4, -0.2) is 4.98 Å². The van der Waals surface area contributed by atoms with Crippen LogP contribution in [0.2, 0.25) is 5.15 Å². The molecule has 2 heteroatoms. The van der Waals surface area contributed by atoms with Crippen molar-refractivity contribution in [3.8, 4) is 0 Å². The van der Waals surface area contributed by atoms with E-state index in [1.54, 1.807) is 12.1 Å². The van der Waals surface area contributed by atoms with E-state index in [2.05, 4.69) is 11.6 Å². The third-order valence-electron chi connectivity index (χ3n) is 1.92. The van der Waals surface area contributed by atoms with Crippen molar-refractivity contribution in [2.75, 3.05) is 0 Å². The van der Waals surface area contributed by atoms with E-state index in [-0.39, 0.29) is 0 Å². The quantitative estimate of drug-likeness (QED) is 0.626. The molecule has 0 N–H and O–H groups in total. The van der Waals surface area contributed by atoms with E-state index in [0.29, 0.717) is 5.15 Å². The lowest BCUT2D eigenvalue weighted by molar-refractivity contribution is 1.41. The average molecular weight is 190 g/mol. The minimum atomic E-state index is 0.522. The maximum Gasteiger partial charge on any atom is 0.129 e. The molecule has 1 aromatic carbocycles. The maximum atomic E-state index is 5.78. The van der Waals surface area contributed by atoms with Gasteiger partial charge >= 0.3 is 0 Å². The van der Waals surface area contributed by atoms with E-state index in [4.69, 9.17) is 11.6 Å². The van der Waals surface area contributed by atoms with Crippen molar-refractivity contribution < 1.29 is 0 Å². The Labute approximate surface area is 81.7 Å². The fourth-order valence-electron chi connectivity index (χ4n) is 1.24. The molecule has 0 aliphatic rings. The lowest BCUT2D eigenvalue weighted by Gasteiger charge is -1.98. The van der Waals surface area contributed by atoms with Crippen molar-refractivity contribution in [1.82, 2.24) is 4.98 Å². The van der Waals surface area contributed by atoms with Crippen LogP contribution in [-0.2, 0) is 0 Å². The predicted molar refractivity (Wildman–Crippen MR) is 56.8 cm³/mol. The molecule has 0 unspecified atom stereocenters. The second-order valence-electron chi connectivity index (χ2n) is 2.79. The lowest BCUT2D eigenvalue weighted by atomic mass is 10.1. The Morgan fingerprint density at radius 3 is 2.77 bits per heavy atom. The van der Waals surface area contributed by atoms with Gasteiger partial charge in [0.25, 0.3) is 0 Å². The molecule has 0 spiro atoms. The lowest BCUT2D eigenvalue weighted by Crippen LogP contribution is -1.80. The SMILES string of the molecule is C=Cc1ccc2ccc(Cl)nc2c1. The van der Waals surface area contributed by atoms with E-state index in [0.717, 1.165) is 16.5 Å². The molecule has 1 heterocycles. The molecule has 2 aromatic rings. The first-order valence-corrected chi connectivity index (χ1v) is 4.36. The Balaban J connectivity index is 2.74. The Bertz CT molecular complexity index is 463. The van der Waals surface area contributed by atoms with Gasteiger partial charge in [0.05, 0.1) is 5.52 Å². The van der Waals surface area contributed by atoms with E-state index in [1.165, 1.54) is 0 Å². The summed E-state index contributed by atoms with van der Waals surface area (Å²) in [5, 5.41) is 1.61. The maximum absolute atomic E-state index is 5.78. The van der Waals surface area contributed by atoms with Gasteiger partial charge in [-0.05, 0) is 23.8 Å². The number of aromatic nitrogens is 1. The first-order valence-electron chi connectivity index (χ1n) is 3.98. The van der Waals surface area contributed by atoms with Crippen molar-refractivity contribution in [3.05, 3.63) is 47.6 Å². The third-order valence-corrected chi connectivity index (χ3v) is 2.13. The molecular weight excluding hydrogens is 182 g/mol. The largest absolute Gasteiger partial charge is 0.236 e. The molecule has 0 aliphatic heterocycles. The number of fused-ring (bicyclic) bond motifs is 1. The standard InChI is InChI=1S/C11H8ClN/c1-2-8-3-4-9-5-6-11(12)13-10(9)7-8/h2-7H,1H2. The van der Waals surface area contributed by atoms with Gasteiger partial charge in [0.1, 0.15) is 5.15 Å². The molecule has 0 saturated heterocycles. The molecule has 0 fully saturated rings. The van der Waals surface area contributed by atoms with Crippen molar-refractivity contribution in [2.24, 2.45) is 0 Å². The monoisotopic (exact) mass is 189 g/mol. The fraction of sp³-hybridized carbons (Fsp3) is 0. The summed E-state index contributed by atoms with van der Waals surface area (Å²) >= 11 is 5.78. The first kappa shape index (κ1) is 8.27. The summed E-state index contributed by atoms with van der Waals surface area (Å²) in [4.78, 5) is 4.20. The molecule has 1 aromatic heterocycles. The second-order valence-corrected chi connectivity index (χ2v) is 3.18. The normalized spacial score (nSPS) is 10.2. The van der Waals surface area contributed by atoms with Crippen molar-refractivity contribution in [3.63, 3.8) is 0 Å². The molecule has 0 atom stereocenters. The number of nitrogens with zero attached hydrogens (tertiary/aromatic N) is 1. The van der Waals surface area contributed by atoms with Crippen molar-refractivity contribution in [1.29, 1.82) is 0 Å². The zero-order chi connectivity index (χ0) is 9.26. The highest BCUT2D eigenvalue weighted by atomic mass is 35.5. The van der Waals surface area contributed by atoms with E-state index in [1.807, 2.05) is 24.3 Å². The predicted octanol–water partition coefficient (Wildman–Crippen LogP) is 3.53. The smallest absolute Gasteiger partial charge is 0.129 e. The van der Waals surface area contributed by atoms with Crippen LogP contribution in [0.1, 0.15) is 5.56 Å². The Kier molecular flexibility index (Phi) is 2.03. The minimum absolute atomic E-state index is 0.522. The summed E-state index contributed by atoms with van der Waals surface area (Å²) in [5.74, 6) is 0. The van der Waals surface area contributed by atoms with Crippen LogP contribution < -0.4 is 0 Å². The summed E-state index contributed by atoms with van der Waals surface area (Å²) in [6, 6.07) is 9.73. The number of hydrogen-bond donors (Lipinski definition) is 0. The number of rotatable bonds is 1. The van der Waals surface area contributed by atoms with E-state index < -0.39 is 0 Å². The third kappa shape index (κ3) is 1.56. The van der Waals surface area contributed by atoms with Gasteiger partial charge in [0.15, 0.2) is 0 Å². The minimum Gasteiger partial charge on any atom is -0.236 e. The van der Waals surface area contributed by atoms with E-state index >= 15 is 0 Å². The van der Waals surface area contributed by atoms with Gasteiger partial charge in [0, 0.05) is 5.39 Å². The van der Waals surface area contributed by atoms with Gasteiger partial charge in [0.2, 0.25) is 0 Å². The van der Waals surface area contributed by atoms with Crippen LogP contribution in [0.4, 0.5) is 0 Å². The highest BCUT2D eigenvalue weighted by Crippen LogP contribution is 2.17. The molecule has 2 rings (SSSR count). The number of pyridine rings is 1. The Morgan fingerprint density at radius 2 is 2.00 bits per heavy atom. The molecule has 0 bridgehead atoms. The van der Waals surface area contributed by atoms with Crippen LogP contribution in [0.25, 0.3) is 17.0 Å². The topological polar surface area (TPSA) is 12.9 Å². The summed E-state index contributed by atoms with van der Waals surface area (Å²) in [6.07, 6.45) is 1.79. The molecule has 13 heavy (non-hydrogen) atoms. The Hall–Kier alpha value is -1.34. The van der Waals surface area contributed by atoms with Crippen LogP contribution in [0.15, 0.2) is 36.9 Å². The Morgan fingerprint density at radius 1 is 1.23 bits per heavy atom. The van der Waals surface area contributed by atoms with Crippen LogP contribution in [0.3, 0.4) is 0 Å². The molecule has 0 aliphatic carbocycles. The first-order chi connectivity index (χ1) is 6.29. The zero-order valence-corrected chi connectivity index (χ0v) is 7.75. The van der Waals surface area contributed by atoms with Gasteiger partial charge in [-0.2, -0.15) is 0 Å². The molecular formula is C11H8ClN. The van der Waals surface area contributed by atoms with Gasteiger partial charge in [-0.25, -0.2) is 4.98 Å². The summed E-state index contributed by atoms with van der Waals surface area (Å²) < 4.78 is 0. The summed E-state index contributed by atoms with van der Waals surface area (Å²) in [7, 11) is 0. The van der Waals surface area contributed by atoms with Crippen molar-refractivity contribution >= 4 is 28.6 Å². The van der Waals surface area contributed by atoms with Crippen LogP contribution in [0.5, 0.6) is 0 Å². The van der Waals surface area contributed by atoms with Gasteiger partial charge < -0.3 is 0 Å². The molecule has 0 radical (unpaired) electrons. The number of halogens is 1. The molecule has 0 amide bonds. The highest BCUT2D eigenvalue weighted by molar-refractivity contribution is 6.29. The van der Waals surface area contributed by atoms with Gasteiger partial charge in [-0.1, -0.05) is 36.4 Å².